The highest BCUT2D eigenvalue weighted by Crippen LogP contribution is 2.53. The predicted octanol–water partition coefficient (Wildman–Crippen LogP) is 7.59. The molecule has 0 bridgehead atoms. The minimum Gasteiger partial charge on any atom is -0.493 e. The molecule has 0 saturated heterocycles. The van der Waals surface area contributed by atoms with Gasteiger partial charge < -0.3 is 24.0 Å². The average molecular weight is 574 g/mol. The number of carbonyl (C=O) groups is 1. The van der Waals surface area contributed by atoms with Crippen LogP contribution in [0.3, 0.4) is 0 Å². The first-order valence-corrected chi connectivity index (χ1v) is 15.7. The van der Waals surface area contributed by atoms with Crippen molar-refractivity contribution in [1.82, 2.24) is 4.98 Å². The molecule has 4 rings (SSSR count). The number of cyclic esters (lactones) is 1. The molecule has 1 aliphatic heterocycles. The van der Waals surface area contributed by atoms with Crippen molar-refractivity contribution >= 4 is 17.3 Å². The normalized spacial score (nSPS) is 13.4. The number of hydrogen-bond acceptors (Lipinski definition) is 7. The molecule has 0 N–H and O–H groups in total. The summed E-state index contributed by atoms with van der Waals surface area (Å²) in [5, 5.41) is 0. The lowest BCUT2D eigenvalue weighted by Crippen LogP contribution is -2.32. The Morgan fingerprint density at radius 1 is 0.714 bits per heavy atom. The molecule has 2 aromatic carbocycles. The number of fused-ring (bicyclic) bond motifs is 1. The van der Waals surface area contributed by atoms with Gasteiger partial charge in [-0.05, 0) is 70.9 Å². The summed E-state index contributed by atoms with van der Waals surface area (Å²) in [4.78, 5) is 22.6. The molecule has 226 valence electrons. The highest BCUT2D eigenvalue weighted by Gasteiger charge is 2.52. The molecule has 0 spiro atoms. The number of unbranched alkanes of at least 4 members (excludes halogenated alkanes) is 2. The Morgan fingerprint density at radius 3 is 1.67 bits per heavy atom. The van der Waals surface area contributed by atoms with Gasteiger partial charge in [0.05, 0.1) is 13.2 Å². The number of nitrogens with zero attached hydrogens (tertiary/aromatic N) is 3. The van der Waals surface area contributed by atoms with Crippen molar-refractivity contribution in [2.75, 3.05) is 49.2 Å². The average Bonchev–Trinajstić information content (AvgIpc) is 3.31. The minimum absolute atomic E-state index is 0.317. The van der Waals surface area contributed by atoms with Crippen LogP contribution in [0, 0.1) is 0 Å². The van der Waals surface area contributed by atoms with Gasteiger partial charge >= 0.3 is 5.97 Å². The fourth-order valence-corrected chi connectivity index (χ4v) is 5.71. The summed E-state index contributed by atoms with van der Waals surface area (Å²) in [5.41, 5.74) is 3.40. The number of pyridine rings is 1. The number of hydrogen-bond donors (Lipinski definition) is 0. The summed E-state index contributed by atoms with van der Waals surface area (Å²) in [7, 11) is 0. The Bertz CT molecular complexity index is 1260. The van der Waals surface area contributed by atoms with Crippen LogP contribution in [0.15, 0.2) is 54.7 Å². The van der Waals surface area contributed by atoms with Gasteiger partial charge in [-0.3, -0.25) is 0 Å². The van der Waals surface area contributed by atoms with Crippen LogP contribution in [-0.4, -0.2) is 50.3 Å². The first-order chi connectivity index (χ1) is 20.5. The zero-order valence-electron chi connectivity index (χ0n) is 26.2. The molecule has 0 fully saturated rings. The molecule has 0 aliphatic carbocycles. The van der Waals surface area contributed by atoms with Crippen molar-refractivity contribution in [1.29, 1.82) is 0 Å². The lowest BCUT2D eigenvalue weighted by atomic mass is 9.79. The second kappa shape index (κ2) is 14.4. The van der Waals surface area contributed by atoms with E-state index in [-0.39, 0.29) is 0 Å². The third-order valence-electron chi connectivity index (χ3n) is 8.08. The monoisotopic (exact) mass is 573 g/mol. The minimum atomic E-state index is -1.28. The third kappa shape index (κ3) is 6.06. The zero-order valence-corrected chi connectivity index (χ0v) is 26.2. The Morgan fingerprint density at radius 2 is 1.21 bits per heavy atom. The number of esters is 1. The van der Waals surface area contributed by atoms with Crippen LogP contribution in [0.4, 0.5) is 11.4 Å². The van der Waals surface area contributed by atoms with Crippen LogP contribution in [0.2, 0.25) is 0 Å². The Hall–Kier alpha value is -3.74. The van der Waals surface area contributed by atoms with Crippen molar-refractivity contribution in [2.24, 2.45) is 0 Å². The van der Waals surface area contributed by atoms with Gasteiger partial charge in [0.1, 0.15) is 11.5 Å². The number of ether oxygens (including phenoxy) is 3. The molecule has 1 aromatic heterocycles. The van der Waals surface area contributed by atoms with E-state index in [1.54, 1.807) is 6.20 Å². The van der Waals surface area contributed by atoms with Gasteiger partial charge in [0.25, 0.3) is 0 Å². The molecule has 0 radical (unpaired) electrons. The molecule has 3 aromatic rings. The molecule has 42 heavy (non-hydrogen) atoms. The van der Waals surface area contributed by atoms with E-state index in [2.05, 4.69) is 92.7 Å². The van der Waals surface area contributed by atoms with Crippen LogP contribution in [0.5, 0.6) is 11.5 Å². The van der Waals surface area contributed by atoms with Gasteiger partial charge in [0.2, 0.25) is 0 Å². The van der Waals surface area contributed by atoms with Crippen molar-refractivity contribution in [3.05, 3.63) is 77.1 Å². The molecular weight excluding hydrogens is 526 g/mol. The summed E-state index contributed by atoms with van der Waals surface area (Å²) in [6.07, 6.45) is 5.51. The van der Waals surface area contributed by atoms with Crippen molar-refractivity contribution < 1.29 is 19.0 Å². The molecule has 0 amide bonds. The van der Waals surface area contributed by atoms with E-state index in [1.807, 2.05) is 12.1 Å². The Labute approximate surface area is 251 Å². The topological polar surface area (TPSA) is 64.1 Å². The van der Waals surface area contributed by atoms with E-state index in [0.717, 1.165) is 74.4 Å². The maximum atomic E-state index is 13.5. The molecule has 7 heteroatoms. The van der Waals surface area contributed by atoms with E-state index in [4.69, 9.17) is 14.2 Å². The number of benzene rings is 2. The molecular formula is C35H47N3O4. The summed E-state index contributed by atoms with van der Waals surface area (Å²) < 4.78 is 19.5. The van der Waals surface area contributed by atoms with Crippen molar-refractivity contribution in [2.45, 2.75) is 72.8 Å². The molecule has 0 saturated carbocycles. The van der Waals surface area contributed by atoms with Gasteiger partial charge in [-0.25, -0.2) is 9.78 Å². The van der Waals surface area contributed by atoms with Crippen LogP contribution < -0.4 is 19.3 Å². The van der Waals surface area contributed by atoms with Gasteiger partial charge in [-0.2, -0.15) is 0 Å². The fourth-order valence-electron chi connectivity index (χ4n) is 5.71. The molecule has 0 unspecified atom stereocenters. The fraction of sp³-hybridized carbons (Fsp3) is 0.486. The summed E-state index contributed by atoms with van der Waals surface area (Å²) >= 11 is 0. The zero-order chi connectivity index (χ0) is 30.1. The van der Waals surface area contributed by atoms with E-state index in [1.165, 1.54) is 0 Å². The molecule has 7 nitrogen and oxygen atoms in total. The number of carbonyl (C=O) groups excluding carboxylic acids is 1. The maximum Gasteiger partial charge on any atom is 0.358 e. The van der Waals surface area contributed by atoms with Gasteiger partial charge in [-0.15, -0.1) is 0 Å². The first kappa shape index (κ1) is 31.2. The highest BCUT2D eigenvalue weighted by molar-refractivity contribution is 5.95. The van der Waals surface area contributed by atoms with Crippen LogP contribution in [0.1, 0.15) is 94.4 Å². The van der Waals surface area contributed by atoms with Crippen molar-refractivity contribution in [3.63, 3.8) is 0 Å². The Kier molecular flexibility index (Phi) is 10.7. The smallest absolute Gasteiger partial charge is 0.358 e. The quantitative estimate of drug-likeness (QED) is 0.129. The molecule has 1 aliphatic rings. The Balaban J connectivity index is 2.02. The van der Waals surface area contributed by atoms with Gasteiger partial charge in [0, 0.05) is 72.6 Å². The molecule has 2 heterocycles. The van der Waals surface area contributed by atoms with Crippen molar-refractivity contribution in [3.8, 4) is 11.5 Å². The SMILES string of the molecule is CCCCOc1cc(N(CC)CC)ccc1C1(c2ccc(N(CC)CC)cc2OCCCC)OC(=O)c2ncccc21. The summed E-state index contributed by atoms with van der Waals surface area (Å²) in [6, 6.07) is 16.3. The van der Waals surface area contributed by atoms with E-state index in [9.17, 15) is 4.79 Å². The van der Waals surface area contributed by atoms with Crippen LogP contribution in [-0.2, 0) is 10.3 Å². The van der Waals surface area contributed by atoms with E-state index >= 15 is 0 Å². The largest absolute Gasteiger partial charge is 0.493 e. The third-order valence-corrected chi connectivity index (χ3v) is 8.08. The summed E-state index contributed by atoms with van der Waals surface area (Å²) in [5.74, 6) is 0.944. The molecule has 0 atom stereocenters. The highest BCUT2D eigenvalue weighted by atomic mass is 16.6. The van der Waals surface area contributed by atoms with E-state index < -0.39 is 11.6 Å². The summed E-state index contributed by atoms with van der Waals surface area (Å²) in [6.45, 7) is 17.5. The lowest BCUT2D eigenvalue weighted by molar-refractivity contribution is 0.0233. The second-order valence-corrected chi connectivity index (χ2v) is 10.6. The number of aromatic nitrogens is 1. The maximum absolute atomic E-state index is 13.5. The predicted molar refractivity (Wildman–Crippen MR) is 170 cm³/mol. The second-order valence-electron chi connectivity index (χ2n) is 10.6. The van der Waals surface area contributed by atoms with Crippen LogP contribution >= 0.6 is 0 Å². The lowest BCUT2D eigenvalue weighted by Gasteiger charge is -2.34. The van der Waals surface area contributed by atoms with Gasteiger partial charge in [0.15, 0.2) is 11.3 Å². The number of anilines is 2. The first-order valence-electron chi connectivity index (χ1n) is 15.7. The van der Waals surface area contributed by atoms with Crippen LogP contribution in [0.25, 0.3) is 0 Å². The van der Waals surface area contributed by atoms with E-state index in [0.29, 0.717) is 36.0 Å². The van der Waals surface area contributed by atoms with Gasteiger partial charge in [-0.1, -0.05) is 32.8 Å². The standard InChI is InChI=1S/C35H47N3O4/c1-7-13-22-40-31-24-26(37(9-3)10-4)17-19-28(31)35(30-16-15-21-36-33(30)34(39)42-35)29-20-18-27(38(11-5)12-6)25-32(29)41-23-14-8-2/h15-21,24-25H,7-14,22-23H2,1-6H3. The number of rotatable bonds is 16.